The molecule has 140 valence electrons. The van der Waals surface area contributed by atoms with Crippen LogP contribution in [-0.4, -0.2) is 41.9 Å². The summed E-state index contributed by atoms with van der Waals surface area (Å²) in [5, 5.41) is 12.4. The number of amides is 1. The number of thiophene rings is 1. The van der Waals surface area contributed by atoms with Crippen LogP contribution in [0.5, 0.6) is 0 Å². The zero-order chi connectivity index (χ0) is 18.3. The van der Waals surface area contributed by atoms with Gasteiger partial charge in [0.15, 0.2) is 0 Å². The molecule has 26 heavy (non-hydrogen) atoms. The molecule has 2 aromatic heterocycles. The van der Waals surface area contributed by atoms with Crippen LogP contribution in [0.3, 0.4) is 0 Å². The van der Waals surface area contributed by atoms with Gasteiger partial charge < -0.3 is 5.32 Å². The van der Waals surface area contributed by atoms with Gasteiger partial charge >= 0.3 is 0 Å². The topological polar surface area (TPSA) is 92.3 Å². The number of piperidine rings is 1. The standard InChI is InChI=1S/C15H17BrN4O3S3/c16-11-5-6-12(24-11)26(22,23)20-7-1-2-10(8-20)13(21)17-15-19-18-14(25-15)9-3-4-9/h5-6,9-10H,1-4,7-8H2,(H,17,19,21). The summed E-state index contributed by atoms with van der Waals surface area (Å²) in [4.78, 5) is 12.6. The van der Waals surface area contributed by atoms with Gasteiger partial charge in [0, 0.05) is 19.0 Å². The maximum atomic E-state index is 12.8. The summed E-state index contributed by atoms with van der Waals surface area (Å²) in [6, 6.07) is 3.31. The summed E-state index contributed by atoms with van der Waals surface area (Å²) in [6.07, 6.45) is 3.60. The van der Waals surface area contributed by atoms with E-state index < -0.39 is 10.0 Å². The molecule has 1 N–H and O–H groups in total. The third kappa shape index (κ3) is 3.86. The van der Waals surface area contributed by atoms with E-state index in [1.807, 2.05) is 0 Å². The molecular weight excluding hydrogens is 460 g/mol. The van der Waals surface area contributed by atoms with Crippen molar-refractivity contribution < 1.29 is 13.2 Å². The summed E-state index contributed by atoms with van der Waals surface area (Å²) in [5.74, 6) is -0.0652. The van der Waals surface area contributed by atoms with Crippen molar-refractivity contribution in [3.8, 4) is 0 Å². The van der Waals surface area contributed by atoms with Gasteiger partial charge in [-0.25, -0.2) is 8.42 Å². The van der Waals surface area contributed by atoms with E-state index in [1.165, 1.54) is 27.0 Å². The van der Waals surface area contributed by atoms with E-state index in [1.54, 1.807) is 12.1 Å². The average Bonchev–Trinajstić information content (AvgIpc) is 3.21. The Balaban J connectivity index is 1.43. The molecule has 2 aromatic rings. The smallest absolute Gasteiger partial charge is 0.252 e. The number of hydrogen-bond donors (Lipinski definition) is 1. The average molecular weight is 477 g/mol. The molecule has 11 heteroatoms. The molecule has 0 bridgehead atoms. The highest BCUT2D eigenvalue weighted by molar-refractivity contribution is 9.11. The number of nitrogens with one attached hydrogen (secondary N) is 1. The Morgan fingerprint density at radius 3 is 2.73 bits per heavy atom. The Labute approximate surface area is 168 Å². The summed E-state index contributed by atoms with van der Waals surface area (Å²) < 4.78 is 28.0. The van der Waals surface area contributed by atoms with Crippen LogP contribution >= 0.6 is 38.6 Å². The second-order valence-corrected chi connectivity index (χ2v) is 12.1. The minimum absolute atomic E-state index is 0.184. The predicted octanol–water partition coefficient (Wildman–Crippen LogP) is 3.28. The molecule has 1 amide bonds. The van der Waals surface area contributed by atoms with Crippen LogP contribution < -0.4 is 5.32 Å². The molecule has 2 fully saturated rings. The first-order valence-electron chi connectivity index (χ1n) is 8.33. The van der Waals surface area contributed by atoms with Gasteiger partial charge in [0.05, 0.1) is 9.70 Å². The van der Waals surface area contributed by atoms with E-state index in [-0.39, 0.29) is 18.4 Å². The lowest BCUT2D eigenvalue weighted by Crippen LogP contribution is -2.43. The normalized spacial score (nSPS) is 21.7. The van der Waals surface area contributed by atoms with Crippen molar-refractivity contribution >= 4 is 59.7 Å². The van der Waals surface area contributed by atoms with E-state index in [9.17, 15) is 13.2 Å². The second kappa shape index (κ2) is 7.27. The van der Waals surface area contributed by atoms with Crippen LogP contribution in [0.25, 0.3) is 0 Å². The van der Waals surface area contributed by atoms with Crippen LogP contribution in [0, 0.1) is 5.92 Å². The highest BCUT2D eigenvalue weighted by atomic mass is 79.9. The molecule has 7 nitrogen and oxygen atoms in total. The molecular formula is C15H17BrN4O3S3. The minimum atomic E-state index is -3.56. The van der Waals surface area contributed by atoms with E-state index >= 15 is 0 Å². The van der Waals surface area contributed by atoms with Crippen molar-refractivity contribution in [2.75, 3.05) is 18.4 Å². The highest BCUT2D eigenvalue weighted by Crippen LogP contribution is 2.42. The number of rotatable bonds is 5. The van der Waals surface area contributed by atoms with Crippen molar-refractivity contribution in [3.05, 3.63) is 20.9 Å². The molecule has 1 atom stereocenters. The number of carbonyl (C=O) groups is 1. The maximum Gasteiger partial charge on any atom is 0.252 e. The Kier molecular flexibility index (Phi) is 5.17. The van der Waals surface area contributed by atoms with Crippen molar-refractivity contribution in [1.82, 2.24) is 14.5 Å². The lowest BCUT2D eigenvalue weighted by Gasteiger charge is -2.30. The number of nitrogens with zero attached hydrogens (tertiary/aromatic N) is 3. The molecule has 0 radical (unpaired) electrons. The van der Waals surface area contributed by atoms with Crippen molar-refractivity contribution in [1.29, 1.82) is 0 Å². The van der Waals surface area contributed by atoms with Crippen LogP contribution in [0.1, 0.15) is 36.6 Å². The van der Waals surface area contributed by atoms with E-state index in [0.29, 0.717) is 34.6 Å². The fourth-order valence-corrected chi connectivity index (χ4v) is 7.53. The van der Waals surface area contributed by atoms with Gasteiger partial charge in [0.2, 0.25) is 11.0 Å². The summed E-state index contributed by atoms with van der Waals surface area (Å²) in [7, 11) is -3.56. The first kappa shape index (κ1) is 18.5. The first-order valence-corrected chi connectivity index (χ1v) is 12.2. The molecule has 4 rings (SSSR count). The molecule has 1 saturated heterocycles. The molecule has 1 aliphatic heterocycles. The third-order valence-electron chi connectivity index (χ3n) is 4.49. The molecule has 2 aliphatic rings. The SMILES string of the molecule is O=C(Nc1nnc(C2CC2)s1)C1CCCN(S(=O)(=O)c2ccc(Br)s2)C1. The lowest BCUT2D eigenvalue weighted by molar-refractivity contribution is -0.120. The van der Waals surface area contributed by atoms with E-state index in [2.05, 4.69) is 31.4 Å². The fourth-order valence-electron chi connectivity index (χ4n) is 2.93. The van der Waals surface area contributed by atoms with Crippen LogP contribution in [0.15, 0.2) is 20.1 Å². The van der Waals surface area contributed by atoms with Gasteiger partial charge in [0.1, 0.15) is 9.22 Å². The number of hydrogen-bond acceptors (Lipinski definition) is 7. The highest BCUT2D eigenvalue weighted by Gasteiger charge is 2.34. The Bertz CT molecular complexity index is 922. The number of sulfonamides is 1. The number of halogens is 1. The summed E-state index contributed by atoms with van der Waals surface area (Å²) >= 11 is 5.89. The van der Waals surface area contributed by atoms with Crippen molar-refractivity contribution in [3.63, 3.8) is 0 Å². The Morgan fingerprint density at radius 1 is 1.23 bits per heavy atom. The molecule has 1 unspecified atom stereocenters. The zero-order valence-electron chi connectivity index (χ0n) is 13.7. The molecule has 1 aliphatic carbocycles. The van der Waals surface area contributed by atoms with Gasteiger partial charge in [-0.15, -0.1) is 21.5 Å². The van der Waals surface area contributed by atoms with Gasteiger partial charge in [-0.05, 0) is 53.7 Å². The largest absolute Gasteiger partial charge is 0.300 e. The summed E-state index contributed by atoms with van der Waals surface area (Å²) in [6.45, 7) is 0.629. The van der Waals surface area contributed by atoms with Gasteiger partial charge in [0.25, 0.3) is 10.0 Å². The number of aromatic nitrogens is 2. The fraction of sp³-hybridized carbons (Fsp3) is 0.533. The lowest BCUT2D eigenvalue weighted by atomic mass is 9.99. The first-order chi connectivity index (χ1) is 12.4. The van der Waals surface area contributed by atoms with E-state index in [0.717, 1.165) is 21.6 Å². The zero-order valence-corrected chi connectivity index (χ0v) is 17.8. The van der Waals surface area contributed by atoms with E-state index in [4.69, 9.17) is 0 Å². The maximum absolute atomic E-state index is 12.8. The molecule has 0 aromatic carbocycles. The van der Waals surface area contributed by atoms with Gasteiger partial charge in [-0.3, -0.25) is 4.79 Å². The van der Waals surface area contributed by atoms with Gasteiger partial charge in [-0.1, -0.05) is 11.3 Å². The monoisotopic (exact) mass is 476 g/mol. The Morgan fingerprint density at radius 2 is 2.04 bits per heavy atom. The second-order valence-electron chi connectivity index (χ2n) is 6.47. The van der Waals surface area contributed by atoms with Crippen LogP contribution in [0.2, 0.25) is 0 Å². The van der Waals surface area contributed by atoms with Gasteiger partial charge in [-0.2, -0.15) is 4.31 Å². The predicted molar refractivity (Wildman–Crippen MR) is 104 cm³/mol. The molecule has 1 saturated carbocycles. The summed E-state index contributed by atoms with van der Waals surface area (Å²) in [5.41, 5.74) is 0. The quantitative estimate of drug-likeness (QED) is 0.714. The Hall–Kier alpha value is -0.880. The van der Waals surface area contributed by atoms with Crippen LogP contribution in [0.4, 0.5) is 5.13 Å². The van der Waals surface area contributed by atoms with Crippen molar-refractivity contribution in [2.24, 2.45) is 5.92 Å². The number of anilines is 1. The van der Waals surface area contributed by atoms with Crippen LogP contribution in [-0.2, 0) is 14.8 Å². The molecule has 0 spiro atoms. The number of carbonyl (C=O) groups excluding carboxylic acids is 1. The minimum Gasteiger partial charge on any atom is -0.300 e. The van der Waals surface area contributed by atoms with Crippen molar-refractivity contribution in [2.45, 2.75) is 35.8 Å². The third-order valence-corrected chi connectivity index (χ3v) is 9.45. The molecule has 3 heterocycles.